The summed E-state index contributed by atoms with van der Waals surface area (Å²) in [6.45, 7) is 0.541. The molecule has 33 heavy (non-hydrogen) atoms. The van der Waals surface area contributed by atoms with E-state index >= 15 is 0 Å². The lowest BCUT2D eigenvalue weighted by Gasteiger charge is -2.14. The molecule has 0 spiro atoms. The molecule has 0 saturated carbocycles. The quantitative estimate of drug-likeness (QED) is 0.419. The Bertz CT molecular complexity index is 1400. The van der Waals surface area contributed by atoms with Gasteiger partial charge in [0.25, 0.3) is 0 Å². The Labute approximate surface area is 189 Å². The van der Waals surface area contributed by atoms with Gasteiger partial charge in [0.15, 0.2) is 17.3 Å². The topological polar surface area (TPSA) is 76.0 Å². The molecule has 0 atom stereocenters. The molecule has 0 aliphatic carbocycles. The Morgan fingerprint density at radius 2 is 1.52 bits per heavy atom. The molecular formula is C26H21NO6. The molecule has 0 amide bonds. The highest BCUT2D eigenvalue weighted by molar-refractivity contribution is 6.10. The third-order valence-corrected chi connectivity index (χ3v) is 5.68. The van der Waals surface area contributed by atoms with Crippen molar-refractivity contribution in [2.24, 2.45) is 0 Å². The fourth-order valence-corrected chi connectivity index (χ4v) is 3.90. The van der Waals surface area contributed by atoms with Crippen LogP contribution in [0, 0.1) is 0 Å². The van der Waals surface area contributed by atoms with Crippen molar-refractivity contribution in [1.29, 1.82) is 0 Å². The van der Waals surface area contributed by atoms with E-state index in [4.69, 9.17) is 18.9 Å². The SMILES string of the molecule is COc1ccc(Cn2cc(C(=O)c3ccc(OC)cc3)c(=O)c3cc4c(cc32)OCO4)cc1. The van der Waals surface area contributed by atoms with Crippen molar-refractivity contribution < 1.29 is 23.7 Å². The minimum atomic E-state index is -0.356. The van der Waals surface area contributed by atoms with Crippen LogP contribution in [0.5, 0.6) is 23.0 Å². The number of aromatic nitrogens is 1. The molecule has 0 bridgehead atoms. The van der Waals surface area contributed by atoms with Crippen LogP contribution in [-0.2, 0) is 6.54 Å². The largest absolute Gasteiger partial charge is 0.497 e. The molecule has 7 nitrogen and oxygen atoms in total. The number of ether oxygens (including phenoxy) is 4. The number of pyridine rings is 1. The van der Waals surface area contributed by atoms with E-state index in [2.05, 4.69) is 0 Å². The van der Waals surface area contributed by atoms with Gasteiger partial charge < -0.3 is 23.5 Å². The lowest BCUT2D eigenvalue weighted by Crippen LogP contribution is -2.20. The van der Waals surface area contributed by atoms with Gasteiger partial charge in [-0.2, -0.15) is 0 Å². The van der Waals surface area contributed by atoms with Crippen molar-refractivity contribution in [2.45, 2.75) is 6.54 Å². The van der Waals surface area contributed by atoms with Gasteiger partial charge in [-0.25, -0.2) is 0 Å². The minimum absolute atomic E-state index is 0.0834. The van der Waals surface area contributed by atoms with Gasteiger partial charge in [0.2, 0.25) is 12.2 Å². The van der Waals surface area contributed by atoms with Gasteiger partial charge in [-0.1, -0.05) is 12.1 Å². The summed E-state index contributed by atoms with van der Waals surface area (Å²) >= 11 is 0. The van der Waals surface area contributed by atoms with E-state index in [-0.39, 0.29) is 23.6 Å². The molecule has 0 N–H and O–H groups in total. The van der Waals surface area contributed by atoms with E-state index in [1.165, 1.54) is 0 Å². The smallest absolute Gasteiger partial charge is 0.231 e. The monoisotopic (exact) mass is 443 g/mol. The van der Waals surface area contributed by atoms with Gasteiger partial charge in [0.05, 0.1) is 30.7 Å². The number of rotatable bonds is 6. The first-order chi connectivity index (χ1) is 16.1. The predicted octanol–water partition coefficient (Wildman–Crippen LogP) is 4.03. The number of carbonyl (C=O) groups excluding carboxylic acids is 1. The third-order valence-electron chi connectivity index (χ3n) is 5.68. The summed E-state index contributed by atoms with van der Waals surface area (Å²) < 4.78 is 23.3. The number of ketones is 1. The number of hydrogen-bond donors (Lipinski definition) is 0. The molecule has 0 saturated heterocycles. The van der Waals surface area contributed by atoms with Crippen LogP contribution in [0.4, 0.5) is 0 Å². The van der Waals surface area contributed by atoms with Crippen LogP contribution in [0.15, 0.2) is 71.7 Å². The summed E-state index contributed by atoms with van der Waals surface area (Å²) in [5.41, 5.74) is 1.78. The second-order valence-corrected chi connectivity index (χ2v) is 7.63. The summed E-state index contributed by atoms with van der Waals surface area (Å²) in [6, 6.07) is 17.8. The van der Waals surface area contributed by atoms with Crippen molar-refractivity contribution in [3.8, 4) is 23.0 Å². The van der Waals surface area contributed by atoms with Crippen molar-refractivity contribution in [1.82, 2.24) is 4.57 Å². The molecule has 0 unspecified atom stereocenters. The summed E-state index contributed by atoms with van der Waals surface area (Å²) in [7, 11) is 3.17. The Hall–Kier alpha value is -4.26. The number of carbonyl (C=O) groups is 1. The van der Waals surface area contributed by atoms with Gasteiger partial charge in [0.1, 0.15) is 11.5 Å². The first-order valence-corrected chi connectivity index (χ1v) is 10.4. The van der Waals surface area contributed by atoms with Crippen LogP contribution in [0.25, 0.3) is 10.9 Å². The Kier molecular flexibility index (Phi) is 5.22. The van der Waals surface area contributed by atoms with E-state index in [9.17, 15) is 9.59 Å². The maximum Gasteiger partial charge on any atom is 0.231 e. The van der Waals surface area contributed by atoms with E-state index in [1.54, 1.807) is 56.8 Å². The highest BCUT2D eigenvalue weighted by Crippen LogP contribution is 2.35. The van der Waals surface area contributed by atoms with Gasteiger partial charge in [-0.05, 0) is 48.0 Å². The fourth-order valence-electron chi connectivity index (χ4n) is 3.90. The number of methoxy groups -OCH3 is 2. The lowest BCUT2D eigenvalue weighted by atomic mass is 10.0. The molecule has 1 aliphatic rings. The zero-order chi connectivity index (χ0) is 22.9. The summed E-state index contributed by atoms with van der Waals surface area (Å²) in [4.78, 5) is 26.7. The van der Waals surface area contributed by atoms with Crippen LogP contribution in [0.1, 0.15) is 21.5 Å². The van der Waals surface area contributed by atoms with Gasteiger partial charge in [-0.3, -0.25) is 9.59 Å². The van der Waals surface area contributed by atoms with Crippen molar-refractivity contribution >= 4 is 16.7 Å². The van der Waals surface area contributed by atoms with Crippen LogP contribution in [0.3, 0.4) is 0 Å². The summed E-state index contributed by atoms with van der Waals surface area (Å²) in [5, 5.41) is 0.395. The molecule has 0 fully saturated rings. The summed E-state index contributed by atoms with van der Waals surface area (Å²) in [5.74, 6) is 2.09. The number of hydrogen-bond acceptors (Lipinski definition) is 6. The van der Waals surface area contributed by atoms with Crippen LogP contribution >= 0.6 is 0 Å². The first kappa shape index (κ1) is 20.6. The number of benzene rings is 3. The Morgan fingerprint density at radius 3 is 2.15 bits per heavy atom. The zero-order valence-corrected chi connectivity index (χ0v) is 18.2. The highest BCUT2D eigenvalue weighted by atomic mass is 16.7. The van der Waals surface area contributed by atoms with Gasteiger partial charge >= 0.3 is 0 Å². The molecule has 0 radical (unpaired) electrons. The van der Waals surface area contributed by atoms with E-state index < -0.39 is 0 Å². The second kappa shape index (κ2) is 8.35. The van der Waals surface area contributed by atoms with Gasteiger partial charge in [-0.15, -0.1) is 0 Å². The normalized spacial score (nSPS) is 12.1. The molecular weight excluding hydrogens is 422 g/mol. The summed E-state index contributed by atoms with van der Waals surface area (Å²) in [6.07, 6.45) is 1.61. The predicted molar refractivity (Wildman–Crippen MR) is 123 cm³/mol. The maximum absolute atomic E-state index is 13.4. The molecule has 166 valence electrons. The van der Waals surface area contributed by atoms with Crippen LogP contribution in [0.2, 0.25) is 0 Å². The van der Waals surface area contributed by atoms with Gasteiger partial charge in [0, 0.05) is 24.4 Å². The van der Waals surface area contributed by atoms with E-state index in [1.807, 2.05) is 28.8 Å². The van der Waals surface area contributed by atoms with Crippen LogP contribution < -0.4 is 24.4 Å². The minimum Gasteiger partial charge on any atom is -0.497 e. The number of fused-ring (bicyclic) bond motifs is 2. The molecule has 7 heteroatoms. The highest BCUT2D eigenvalue weighted by Gasteiger charge is 2.22. The number of nitrogens with zero attached hydrogens (tertiary/aromatic N) is 1. The molecule has 4 aromatic rings. The Balaban J connectivity index is 1.65. The third kappa shape index (κ3) is 3.78. The van der Waals surface area contributed by atoms with Crippen molar-refractivity contribution in [3.05, 3.63) is 93.8 Å². The first-order valence-electron chi connectivity index (χ1n) is 10.4. The average molecular weight is 443 g/mol. The Morgan fingerprint density at radius 1 is 0.909 bits per heavy atom. The lowest BCUT2D eigenvalue weighted by molar-refractivity contribution is 0.103. The van der Waals surface area contributed by atoms with E-state index in [0.717, 1.165) is 11.3 Å². The fraction of sp³-hybridized carbons (Fsp3) is 0.154. The standard InChI is InChI=1S/C26H21NO6/c1-30-18-7-3-16(4-8-18)13-27-14-21(25(28)17-5-9-19(31-2)10-6-17)26(29)20-11-23-24(12-22(20)27)33-15-32-23/h3-12,14H,13,15H2,1-2H3. The van der Waals surface area contributed by atoms with Crippen molar-refractivity contribution in [2.75, 3.05) is 21.0 Å². The van der Waals surface area contributed by atoms with Crippen molar-refractivity contribution in [3.63, 3.8) is 0 Å². The molecule has 1 aliphatic heterocycles. The maximum atomic E-state index is 13.4. The van der Waals surface area contributed by atoms with E-state index in [0.29, 0.717) is 40.3 Å². The molecule has 2 heterocycles. The molecule has 3 aromatic carbocycles. The average Bonchev–Trinajstić information content (AvgIpc) is 3.32. The zero-order valence-electron chi connectivity index (χ0n) is 18.2. The molecule has 5 rings (SSSR count). The van der Waals surface area contributed by atoms with Crippen LogP contribution in [-0.4, -0.2) is 31.4 Å². The molecule has 1 aromatic heterocycles. The second-order valence-electron chi connectivity index (χ2n) is 7.63.